The number of nitrogens with one attached hydrogen (secondary N) is 1. The van der Waals surface area contributed by atoms with Gasteiger partial charge < -0.3 is 5.32 Å². The molecule has 0 aliphatic carbocycles. The van der Waals surface area contributed by atoms with Gasteiger partial charge in [0.05, 0.1) is 31.6 Å². The second-order valence-corrected chi connectivity index (χ2v) is 6.22. The quantitative estimate of drug-likeness (QED) is 0.588. The Hall–Kier alpha value is -1.45. The van der Waals surface area contributed by atoms with Crippen LogP contribution in [0.4, 0.5) is 5.69 Å². The summed E-state index contributed by atoms with van der Waals surface area (Å²) in [5.41, 5.74) is 3.54. The van der Waals surface area contributed by atoms with E-state index in [0.29, 0.717) is 5.15 Å². The maximum absolute atomic E-state index is 6.23. The van der Waals surface area contributed by atoms with Crippen molar-refractivity contribution in [2.75, 3.05) is 5.32 Å². The van der Waals surface area contributed by atoms with Crippen LogP contribution in [0.15, 0.2) is 41.8 Å². The Morgan fingerprint density at radius 3 is 2.67 bits per heavy atom. The third-order valence-electron chi connectivity index (χ3n) is 3.26. The summed E-state index contributed by atoms with van der Waals surface area (Å²) in [6, 6.07) is 11.2. The molecule has 1 N–H and O–H groups in total. The highest BCUT2D eigenvalue weighted by Gasteiger charge is 2.21. The molecule has 0 amide bonds. The Kier molecular flexibility index (Phi) is 3.72. The largest absolute Gasteiger partial charge is 0.391 e. The SMILES string of the molecule is [B]C([B])(Nc1cc(Cl)nc2c(C)csc12)c1ccccc1. The first-order valence-corrected chi connectivity index (χ1v) is 7.69. The fraction of sp³-hybridized carbons (Fsp3) is 0.133. The van der Waals surface area contributed by atoms with E-state index in [1.807, 2.05) is 42.6 Å². The van der Waals surface area contributed by atoms with Gasteiger partial charge in [-0.25, -0.2) is 4.98 Å². The van der Waals surface area contributed by atoms with Crippen LogP contribution in [0.5, 0.6) is 0 Å². The average molecular weight is 308 g/mol. The highest BCUT2D eigenvalue weighted by atomic mass is 35.5. The van der Waals surface area contributed by atoms with Crippen LogP contribution in [0.25, 0.3) is 10.2 Å². The minimum atomic E-state index is -1.18. The van der Waals surface area contributed by atoms with Crippen molar-refractivity contribution in [3.8, 4) is 0 Å². The third-order valence-corrected chi connectivity index (χ3v) is 4.58. The van der Waals surface area contributed by atoms with Crippen molar-refractivity contribution in [2.45, 2.75) is 12.3 Å². The summed E-state index contributed by atoms with van der Waals surface area (Å²) in [6.07, 6.45) is 0. The van der Waals surface area contributed by atoms with Gasteiger partial charge >= 0.3 is 0 Å². The van der Waals surface area contributed by atoms with Crippen molar-refractivity contribution >= 4 is 54.5 Å². The first-order chi connectivity index (χ1) is 9.97. The van der Waals surface area contributed by atoms with Gasteiger partial charge in [-0.2, -0.15) is 0 Å². The van der Waals surface area contributed by atoms with E-state index < -0.39 is 5.34 Å². The minimum absolute atomic E-state index is 0.412. The minimum Gasteiger partial charge on any atom is -0.391 e. The molecule has 3 aromatic rings. The predicted molar refractivity (Wildman–Crippen MR) is 92.6 cm³/mol. The standard InChI is InChI=1S/C15H11B2ClN2S/c1-9-8-21-14-11(7-12(18)19-13(9)14)20-15(16,17)10-5-3-2-4-6-10/h2-8H,1H3,(H,19,20). The monoisotopic (exact) mass is 308 g/mol. The Labute approximate surface area is 135 Å². The molecule has 1 aromatic carbocycles. The lowest BCUT2D eigenvalue weighted by atomic mass is 9.58. The number of aromatic nitrogens is 1. The second kappa shape index (κ2) is 5.39. The van der Waals surface area contributed by atoms with E-state index in [-0.39, 0.29) is 0 Å². The smallest absolute Gasteiger partial charge is 0.131 e. The van der Waals surface area contributed by atoms with Gasteiger partial charge in [-0.1, -0.05) is 41.9 Å². The van der Waals surface area contributed by atoms with Gasteiger partial charge in [0.1, 0.15) is 5.15 Å². The summed E-state index contributed by atoms with van der Waals surface area (Å²) in [5.74, 6) is 0. The van der Waals surface area contributed by atoms with E-state index in [4.69, 9.17) is 27.3 Å². The van der Waals surface area contributed by atoms with Crippen molar-refractivity contribution in [1.29, 1.82) is 0 Å². The molecule has 0 saturated carbocycles. The van der Waals surface area contributed by atoms with Gasteiger partial charge in [0.15, 0.2) is 0 Å². The van der Waals surface area contributed by atoms with Gasteiger partial charge in [-0.15, -0.1) is 11.3 Å². The van der Waals surface area contributed by atoms with E-state index in [1.54, 1.807) is 17.4 Å². The fourth-order valence-electron chi connectivity index (χ4n) is 2.19. The highest BCUT2D eigenvalue weighted by molar-refractivity contribution is 7.18. The van der Waals surface area contributed by atoms with Crippen molar-refractivity contribution in [1.82, 2.24) is 4.98 Å². The number of hydrogen-bond acceptors (Lipinski definition) is 3. The third kappa shape index (κ3) is 2.81. The summed E-state index contributed by atoms with van der Waals surface area (Å²) in [6.45, 7) is 2.00. The molecule has 0 fully saturated rings. The fourth-order valence-corrected chi connectivity index (χ4v) is 3.35. The zero-order valence-electron chi connectivity index (χ0n) is 11.4. The molecule has 0 spiro atoms. The predicted octanol–water partition coefficient (Wildman–Crippen LogP) is 3.82. The molecule has 0 bridgehead atoms. The first-order valence-electron chi connectivity index (χ1n) is 6.43. The zero-order valence-corrected chi connectivity index (χ0v) is 13.0. The van der Waals surface area contributed by atoms with Crippen molar-refractivity contribution in [3.63, 3.8) is 0 Å². The molecule has 2 nitrogen and oxygen atoms in total. The van der Waals surface area contributed by atoms with Crippen LogP contribution >= 0.6 is 22.9 Å². The summed E-state index contributed by atoms with van der Waals surface area (Å²) in [4.78, 5) is 4.35. The topological polar surface area (TPSA) is 24.9 Å². The molecule has 0 unspecified atom stereocenters. The van der Waals surface area contributed by atoms with Crippen LogP contribution in [0, 0.1) is 6.92 Å². The Balaban J connectivity index is 2.05. The number of anilines is 1. The number of pyridine rings is 1. The number of thiophene rings is 1. The zero-order chi connectivity index (χ0) is 15.0. The van der Waals surface area contributed by atoms with Crippen LogP contribution in [-0.4, -0.2) is 20.7 Å². The Morgan fingerprint density at radius 2 is 1.95 bits per heavy atom. The molecular weight excluding hydrogens is 297 g/mol. The van der Waals surface area contributed by atoms with E-state index >= 15 is 0 Å². The normalized spacial score (nSPS) is 11.7. The molecule has 0 atom stereocenters. The first kappa shape index (κ1) is 14.5. The highest BCUT2D eigenvalue weighted by Crippen LogP contribution is 2.34. The Morgan fingerprint density at radius 1 is 1.24 bits per heavy atom. The number of halogens is 1. The van der Waals surface area contributed by atoms with Crippen LogP contribution in [0.2, 0.25) is 5.15 Å². The van der Waals surface area contributed by atoms with Gasteiger partial charge in [0, 0.05) is 6.07 Å². The number of aryl methyl sites for hydroxylation is 1. The average Bonchev–Trinajstić information content (AvgIpc) is 2.81. The van der Waals surface area contributed by atoms with Crippen molar-refractivity contribution in [2.24, 2.45) is 0 Å². The second-order valence-electron chi connectivity index (χ2n) is 4.95. The summed E-state index contributed by atoms with van der Waals surface area (Å²) >= 11 is 7.69. The van der Waals surface area contributed by atoms with Crippen LogP contribution in [-0.2, 0) is 5.34 Å². The molecule has 0 saturated heterocycles. The number of fused-ring (bicyclic) bond motifs is 1. The molecule has 4 radical (unpaired) electrons. The molecule has 21 heavy (non-hydrogen) atoms. The van der Waals surface area contributed by atoms with E-state index in [1.165, 1.54) is 0 Å². The van der Waals surface area contributed by atoms with Gasteiger partial charge in [-0.05, 0) is 28.8 Å². The van der Waals surface area contributed by atoms with Gasteiger partial charge in [-0.3, -0.25) is 0 Å². The molecule has 2 aromatic heterocycles. The maximum atomic E-state index is 6.23. The number of rotatable bonds is 3. The molecule has 3 rings (SSSR count). The molecular formula is C15H11B2ClN2S. The maximum Gasteiger partial charge on any atom is 0.131 e. The van der Waals surface area contributed by atoms with Crippen molar-refractivity contribution < 1.29 is 0 Å². The number of benzene rings is 1. The lowest BCUT2D eigenvalue weighted by molar-refractivity contribution is 0.993. The number of nitrogens with zero attached hydrogens (tertiary/aromatic N) is 1. The number of hydrogen-bond donors (Lipinski definition) is 1. The van der Waals surface area contributed by atoms with E-state index in [9.17, 15) is 0 Å². The molecule has 100 valence electrons. The summed E-state index contributed by atoms with van der Waals surface area (Å²) < 4.78 is 0.994. The summed E-state index contributed by atoms with van der Waals surface area (Å²) in [7, 11) is 12.5. The van der Waals surface area contributed by atoms with Gasteiger partial charge in [0.2, 0.25) is 0 Å². The summed E-state index contributed by atoms with van der Waals surface area (Å²) in [5, 5.41) is 4.44. The lowest BCUT2D eigenvalue weighted by Crippen LogP contribution is -2.36. The Bertz CT molecular complexity index is 787. The van der Waals surface area contributed by atoms with Crippen LogP contribution < -0.4 is 5.32 Å². The van der Waals surface area contributed by atoms with Gasteiger partial charge in [0.25, 0.3) is 0 Å². The molecule has 2 heterocycles. The van der Waals surface area contributed by atoms with Crippen LogP contribution in [0.1, 0.15) is 11.1 Å². The van der Waals surface area contributed by atoms with E-state index in [2.05, 4.69) is 10.3 Å². The van der Waals surface area contributed by atoms with Crippen LogP contribution in [0.3, 0.4) is 0 Å². The van der Waals surface area contributed by atoms with E-state index in [0.717, 1.165) is 27.0 Å². The lowest BCUT2D eigenvalue weighted by Gasteiger charge is -2.30. The van der Waals surface area contributed by atoms with Crippen molar-refractivity contribution in [3.05, 3.63) is 58.1 Å². The molecule has 6 heteroatoms. The molecule has 0 aliphatic heterocycles. The molecule has 0 aliphatic rings.